The number of carboxylic acid groups (broad SMARTS) is 1. The molecule has 3 nitrogen and oxygen atoms in total. The van der Waals surface area contributed by atoms with Crippen LogP contribution < -0.4 is 5.73 Å². The molecule has 3 N–H and O–H groups in total. The SMILES string of the molecule is CCCCCCC1=C(Cl)CC(Cl)C=C1.NC(=O)O. The van der Waals surface area contributed by atoms with Gasteiger partial charge in [0.25, 0.3) is 0 Å². The van der Waals surface area contributed by atoms with E-state index < -0.39 is 6.09 Å². The van der Waals surface area contributed by atoms with Crippen LogP contribution in [-0.2, 0) is 0 Å². The third-order valence-electron chi connectivity index (χ3n) is 2.53. The van der Waals surface area contributed by atoms with Crippen molar-refractivity contribution in [3.8, 4) is 0 Å². The Hall–Kier alpha value is -0.670. The van der Waals surface area contributed by atoms with Crippen molar-refractivity contribution in [3.05, 3.63) is 22.8 Å². The van der Waals surface area contributed by atoms with Gasteiger partial charge in [0.2, 0.25) is 0 Å². The fourth-order valence-corrected chi connectivity index (χ4v) is 2.27. The van der Waals surface area contributed by atoms with E-state index in [4.69, 9.17) is 33.1 Å². The van der Waals surface area contributed by atoms with Crippen molar-refractivity contribution in [2.45, 2.75) is 50.8 Å². The van der Waals surface area contributed by atoms with Gasteiger partial charge in [-0.15, -0.1) is 11.6 Å². The van der Waals surface area contributed by atoms with Crippen molar-refractivity contribution >= 4 is 29.3 Å². The van der Waals surface area contributed by atoms with Gasteiger partial charge in [0.05, 0.1) is 5.38 Å². The van der Waals surface area contributed by atoms with E-state index in [1.165, 1.54) is 31.3 Å². The van der Waals surface area contributed by atoms with Crippen LogP contribution in [0.3, 0.4) is 0 Å². The molecule has 1 aliphatic rings. The summed E-state index contributed by atoms with van der Waals surface area (Å²) in [5, 5.41) is 8.26. The first-order chi connectivity index (χ1) is 8.47. The van der Waals surface area contributed by atoms with E-state index in [0.717, 1.165) is 17.9 Å². The molecule has 0 aromatic rings. The molecule has 0 saturated heterocycles. The van der Waals surface area contributed by atoms with Crippen molar-refractivity contribution in [3.63, 3.8) is 0 Å². The predicted octanol–water partition coefficient (Wildman–Crippen LogP) is 4.64. The number of amides is 1. The predicted molar refractivity (Wildman–Crippen MR) is 77.2 cm³/mol. The molecule has 0 fully saturated rings. The van der Waals surface area contributed by atoms with Gasteiger partial charge >= 0.3 is 6.09 Å². The second kappa shape index (κ2) is 10.3. The number of alkyl halides is 1. The zero-order chi connectivity index (χ0) is 14.0. The molecule has 0 aromatic heterocycles. The van der Waals surface area contributed by atoms with Crippen LogP contribution in [0, 0.1) is 0 Å². The summed E-state index contributed by atoms with van der Waals surface area (Å²) in [6.45, 7) is 2.23. The van der Waals surface area contributed by atoms with Gasteiger partial charge in [-0.25, -0.2) is 4.79 Å². The standard InChI is InChI=1S/C12H18Cl2.CH3NO2/c1-2-3-4-5-6-10-7-8-11(13)9-12(10)14;2-1(3)4/h7-8,11H,2-6,9H2,1H3;2H2,(H,3,4). The van der Waals surface area contributed by atoms with Gasteiger partial charge < -0.3 is 10.8 Å². The van der Waals surface area contributed by atoms with Crippen LogP contribution in [0.1, 0.15) is 45.4 Å². The van der Waals surface area contributed by atoms with Gasteiger partial charge in [-0.1, -0.05) is 49.9 Å². The molecule has 0 aromatic carbocycles. The second-order valence-electron chi connectivity index (χ2n) is 4.16. The Morgan fingerprint density at radius 2 is 2.11 bits per heavy atom. The Kier molecular flexibility index (Phi) is 9.89. The topological polar surface area (TPSA) is 63.3 Å². The molecule has 0 heterocycles. The molecule has 104 valence electrons. The lowest BCUT2D eigenvalue weighted by molar-refractivity contribution is 0.205. The summed E-state index contributed by atoms with van der Waals surface area (Å²) < 4.78 is 0. The number of hydrogen-bond donors (Lipinski definition) is 2. The number of primary amides is 1. The molecular formula is C13H21Cl2NO2. The highest BCUT2D eigenvalue weighted by Crippen LogP contribution is 2.28. The molecule has 1 rings (SSSR count). The van der Waals surface area contributed by atoms with Crippen molar-refractivity contribution in [2.24, 2.45) is 5.73 Å². The summed E-state index contributed by atoms with van der Waals surface area (Å²) >= 11 is 12.1. The Labute approximate surface area is 119 Å². The van der Waals surface area contributed by atoms with E-state index >= 15 is 0 Å². The fourth-order valence-electron chi connectivity index (χ4n) is 1.64. The lowest BCUT2D eigenvalue weighted by atomic mass is 10.0. The van der Waals surface area contributed by atoms with Crippen LogP contribution in [-0.4, -0.2) is 16.6 Å². The van der Waals surface area contributed by atoms with Gasteiger partial charge in [0.15, 0.2) is 0 Å². The Morgan fingerprint density at radius 1 is 1.50 bits per heavy atom. The quantitative estimate of drug-likeness (QED) is 0.573. The smallest absolute Gasteiger partial charge is 0.402 e. The molecule has 5 heteroatoms. The Morgan fingerprint density at radius 3 is 2.61 bits per heavy atom. The van der Waals surface area contributed by atoms with Crippen molar-refractivity contribution < 1.29 is 9.90 Å². The maximum absolute atomic E-state index is 8.78. The first-order valence-electron chi connectivity index (χ1n) is 6.15. The van der Waals surface area contributed by atoms with Crippen LogP contribution in [0.5, 0.6) is 0 Å². The normalized spacial score (nSPS) is 18.3. The summed E-state index contributed by atoms with van der Waals surface area (Å²) in [7, 11) is 0. The zero-order valence-electron chi connectivity index (χ0n) is 10.7. The number of nitrogens with two attached hydrogens (primary N) is 1. The zero-order valence-corrected chi connectivity index (χ0v) is 12.2. The Bertz CT molecular complexity index is 310. The minimum Gasteiger partial charge on any atom is -0.465 e. The number of rotatable bonds is 5. The molecule has 0 aliphatic heterocycles. The van der Waals surface area contributed by atoms with Crippen LogP contribution >= 0.6 is 23.2 Å². The van der Waals surface area contributed by atoms with E-state index in [-0.39, 0.29) is 5.38 Å². The van der Waals surface area contributed by atoms with Crippen LogP contribution in [0.2, 0.25) is 0 Å². The maximum Gasteiger partial charge on any atom is 0.402 e. The highest BCUT2D eigenvalue weighted by molar-refractivity contribution is 6.31. The van der Waals surface area contributed by atoms with E-state index in [1.807, 2.05) is 6.08 Å². The fraction of sp³-hybridized carbons (Fsp3) is 0.615. The lowest BCUT2D eigenvalue weighted by Gasteiger charge is -2.14. The van der Waals surface area contributed by atoms with Crippen LogP contribution in [0.15, 0.2) is 22.8 Å². The van der Waals surface area contributed by atoms with Gasteiger partial charge in [-0.3, -0.25) is 0 Å². The van der Waals surface area contributed by atoms with Crippen molar-refractivity contribution in [1.82, 2.24) is 0 Å². The first-order valence-corrected chi connectivity index (χ1v) is 6.97. The minimum absolute atomic E-state index is 0.0990. The Balaban J connectivity index is 0.000000631. The molecule has 18 heavy (non-hydrogen) atoms. The average Bonchev–Trinajstić information content (AvgIpc) is 2.26. The van der Waals surface area contributed by atoms with Gasteiger partial charge in [-0.05, 0) is 18.4 Å². The number of unbranched alkanes of at least 4 members (excludes halogenated alkanes) is 3. The van der Waals surface area contributed by atoms with Gasteiger partial charge in [0, 0.05) is 11.5 Å². The summed E-state index contributed by atoms with van der Waals surface area (Å²) in [5.74, 6) is 0. The molecule has 1 aliphatic carbocycles. The molecule has 1 amide bonds. The molecule has 0 saturated carbocycles. The largest absolute Gasteiger partial charge is 0.465 e. The maximum atomic E-state index is 8.78. The van der Waals surface area contributed by atoms with Crippen LogP contribution in [0.4, 0.5) is 4.79 Å². The van der Waals surface area contributed by atoms with Crippen molar-refractivity contribution in [1.29, 1.82) is 0 Å². The highest BCUT2D eigenvalue weighted by Gasteiger charge is 2.11. The van der Waals surface area contributed by atoms with Crippen LogP contribution in [0.25, 0.3) is 0 Å². The molecule has 0 radical (unpaired) electrons. The molecular weight excluding hydrogens is 273 g/mol. The summed E-state index contributed by atoms with van der Waals surface area (Å²) in [4.78, 5) is 8.78. The number of hydrogen-bond acceptors (Lipinski definition) is 1. The third-order valence-corrected chi connectivity index (χ3v) is 3.23. The number of allylic oxidation sites excluding steroid dienone is 4. The lowest BCUT2D eigenvalue weighted by Crippen LogP contribution is -2.03. The molecule has 1 unspecified atom stereocenters. The van der Waals surface area contributed by atoms with E-state index in [1.54, 1.807) is 0 Å². The summed E-state index contributed by atoms with van der Waals surface area (Å²) in [6, 6.07) is 0. The van der Waals surface area contributed by atoms with E-state index in [0.29, 0.717) is 0 Å². The molecule has 1 atom stereocenters. The highest BCUT2D eigenvalue weighted by atomic mass is 35.5. The number of halogens is 2. The number of carbonyl (C=O) groups is 1. The van der Waals surface area contributed by atoms with Gasteiger partial charge in [-0.2, -0.15) is 0 Å². The summed E-state index contributed by atoms with van der Waals surface area (Å²) in [6.07, 6.45) is 9.89. The molecule has 0 spiro atoms. The monoisotopic (exact) mass is 293 g/mol. The van der Waals surface area contributed by atoms with Crippen molar-refractivity contribution in [2.75, 3.05) is 0 Å². The van der Waals surface area contributed by atoms with E-state index in [2.05, 4.69) is 18.7 Å². The first kappa shape index (κ1) is 17.3. The summed E-state index contributed by atoms with van der Waals surface area (Å²) in [5.41, 5.74) is 5.32. The second-order valence-corrected chi connectivity index (χ2v) is 5.18. The third kappa shape index (κ3) is 9.37. The molecule has 0 bridgehead atoms. The minimum atomic E-state index is -1.33. The average molecular weight is 294 g/mol. The van der Waals surface area contributed by atoms with Gasteiger partial charge in [0.1, 0.15) is 0 Å². The van der Waals surface area contributed by atoms with E-state index in [9.17, 15) is 0 Å².